The molecule has 11 N–H and O–H groups in total. The van der Waals surface area contributed by atoms with Gasteiger partial charge in [0.1, 0.15) is 73.1 Å². The molecule has 18 heteroatoms. The Morgan fingerprint density at radius 3 is 1.55 bits per heavy atom. The summed E-state index contributed by atoms with van der Waals surface area (Å²) in [6, 6.07) is -2.90. The van der Waals surface area contributed by atoms with Crippen LogP contribution in [-0.4, -0.2) is 170 Å². The van der Waals surface area contributed by atoms with Gasteiger partial charge in [0.2, 0.25) is 11.8 Å². The van der Waals surface area contributed by atoms with Gasteiger partial charge in [-0.05, 0) is 0 Å². The number of nitrogens with one attached hydrogen (secondary N) is 2. The van der Waals surface area contributed by atoms with Crippen molar-refractivity contribution in [2.24, 2.45) is 0 Å². The molecule has 15 atom stereocenters. The molecule has 40 heavy (non-hydrogen) atoms. The van der Waals surface area contributed by atoms with Crippen molar-refractivity contribution in [3.63, 3.8) is 0 Å². The van der Waals surface area contributed by atoms with E-state index in [1.54, 1.807) is 0 Å². The maximum Gasteiger partial charge on any atom is 0.217 e. The van der Waals surface area contributed by atoms with E-state index in [2.05, 4.69) is 10.6 Å². The Kier molecular flexibility index (Phi) is 11.5. The number of hydrogen-bond donors (Lipinski definition) is 11. The van der Waals surface area contributed by atoms with Crippen LogP contribution >= 0.6 is 0 Å². The van der Waals surface area contributed by atoms with E-state index in [1.807, 2.05) is 0 Å². The fourth-order valence-corrected chi connectivity index (χ4v) is 4.86. The van der Waals surface area contributed by atoms with Crippen LogP contribution in [0, 0.1) is 0 Å². The van der Waals surface area contributed by atoms with Gasteiger partial charge in [0.15, 0.2) is 18.9 Å². The lowest BCUT2D eigenvalue weighted by molar-refractivity contribution is -0.356. The summed E-state index contributed by atoms with van der Waals surface area (Å²) in [5, 5.41) is 96.5. The van der Waals surface area contributed by atoms with Gasteiger partial charge in [-0.15, -0.1) is 0 Å². The Hall–Kier alpha value is -1.62. The molecule has 0 unspecified atom stereocenters. The lowest BCUT2D eigenvalue weighted by Crippen LogP contribution is -2.70. The molecule has 0 bridgehead atoms. The van der Waals surface area contributed by atoms with Crippen LogP contribution in [0.1, 0.15) is 13.8 Å². The molecule has 0 aromatic heterocycles. The second-order valence-corrected chi connectivity index (χ2v) is 9.81. The number of carbonyl (C=O) groups is 2. The molecule has 3 rings (SSSR count). The van der Waals surface area contributed by atoms with Gasteiger partial charge in [-0.25, -0.2) is 0 Å². The van der Waals surface area contributed by atoms with Crippen LogP contribution in [-0.2, 0) is 33.3 Å². The van der Waals surface area contributed by atoms with Crippen molar-refractivity contribution in [2.75, 3.05) is 19.8 Å². The number of carbonyl (C=O) groups excluding carboxylic acids is 2. The second kappa shape index (κ2) is 14.0. The number of hydrogen-bond acceptors (Lipinski definition) is 16. The summed E-state index contributed by atoms with van der Waals surface area (Å²) in [5.41, 5.74) is 0. The smallest absolute Gasteiger partial charge is 0.217 e. The Balaban J connectivity index is 1.95. The molecular formula is C22H38N2O16. The molecule has 0 radical (unpaired) electrons. The van der Waals surface area contributed by atoms with E-state index in [9.17, 15) is 55.5 Å². The van der Waals surface area contributed by atoms with Crippen LogP contribution in [0.5, 0.6) is 0 Å². The third kappa shape index (κ3) is 7.05. The van der Waals surface area contributed by atoms with Gasteiger partial charge in [0.25, 0.3) is 0 Å². The molecule has 18 nitrogen and oxygen atoms in total. The van der Waals surface area contributed by atoms with Gasteiger partial charge >= 0.3 is 0 Å². The minimum atomic E-state index is -1.89. The molecule has 0 aliphatic carbocycles. The molecular weight excluding hydrogens is 548 g/mol. The summed E-state index contributed by atoms with van der Waals surface area (Å²) in [7, 11) is 0. The molecule has 0 aromatic carbocycles. The van der Waals surface area contributed by atoms with Crippen molar-refractivity contribution in [1.29, 1.82) is 0 Å². The summed E-state index contributed by atoms with van der Waals surface area (Å²) in [6.07, 6.45) is -21.4. The molecule has 2 amide bonds. The van der Waals surface area contributed by atoms with Crippen molar-refractivity contribution in [1.82, 2.24) is 10.6 Å². The summed E-state index contributed by atoms with van der Waals surface area (Å²) >= 11 is 0. The first-order chi connectivity index (χ1) is 18.8. The highest BCUT2D eigenvalue weighted by Crippen LogP contribution is 2.32. The van der Waals surface area contributed by atoms with E-state index in [0.29, 0.717) is 0 Å². The zero-order chi connectivity index (χ0) is 29.9. The highest BCUT2D eigenvalue weighted by Gasteiger charge is 2.54. The maximum absolute atomic E-state index is 12.1. The second-order valence-electron chi connectivity index (χ2n) is 9.81. The minimum absolute atomic E-state index is 0.647. The van der Waals surface area contributed by atoms with Crippen LogP contribution < -0.4 is 10.6 Å². The summed E-state index contributed by atoms with van der Waals surface area (Å²) in [4.78, 5) is 23.9. The predicted octanol–water partition coefficient (Wildman–Crippen LogP) is -7.29. The molecule has 0 aromatic rings. The summed E-state index contributed by atoms with van der Waals surface area (Å²) in [5.74, 6) is -1.34. The zero-order valence-electron chi connectivity index (χ0n) is 21.7. The van der Waals surface area contributed by atoms with Gasteiger partial charge in [-0.2, -0.15) is 0 Å². The normalized spacial score (nSPS) is 46.0. The number of ether oxygens (including phenoxy) is 5. The average Bonchev–Trinajstić information content (AvgIpc) is 2.90. The molecule has 3 aliphatic rings. The van der Waals surface area contributed by atoms with Crippen molar-refractivity contribution in [3.05, 3.63) is 0 Å². The third-order valence-corrected chi connectivity index (χ3v) is 6.90. The quantitative estimate of drug-likeness (QED) is 0.120. The number of rotatable bonds is 9. The van der Waals surface area contributed by atoms with Gasteiger partial charge < -0.3 is 80.3 Å². The summed E-state index contributed by atoms with van der Waals surface area (Å²) < 4.78 is 27.7. The van der Waals surface area contributed by atoms with E-state index >= 15 is 0 Å². The highest BCUT2D eigenvalue weighted by molar-refractivity contribution is 5.73. The first kappa shape index (κ1) is 32.9. The largest absolute Gasteiger partial charge is 0.394 e. The molecule has 232 valence electrons. The van der Waals surface area contributed by atoms with Crippen molar-refractivity contribution in [2.45, 2.75) is 106 Å². The highest BCUT2D eigenvalue weighted by atomic mass is 16.7. The van der Waals surface area contributed by atoms with E-state index in [-0.39, 0.29) is 0 Å². The predicted molar refractivity (Wildman–Crippen MR) is 124 cm³/mol. The maximum atomic E-state index is 12.1. The van der Waals surface area contributed by atoms with Crippen LogP contribution in [0.3, 0.4) is 0 Å². The van der Waals surface area contributed by atoms with E-state index in [4.69, 9.17) is 23.7 Å². The van der Waals surface area contributed by atoms with Crippen LogP contribution in [0.15, 0.2) is 0 Å². The number of aliphatic hydroxyl groups is 9. The topological polar surface area (TPSA) is 286 Å². The molecule has 0 spiro atoms. The monoisotopic (exact) mass is 586 g/mol. The molecule has 3 fully saturated rings. The fourth-order valence-electron chi connectivity index (χ4n) is 4.86. The molecule has 3 heterocycles. The SMILES string of the molecule is CC(=O)N[C@@H]1[C@@H](O[C@H]2O[C@H](CO)[C@H](O)[C@H](O[C@@H]3O[C@H](CO)[C@H](O)[C@H](O)[C@H]3O)[C@H]2NC(C)=O)[C@@H](O)[C@@H](CO)O[C@H]1O. The van der Waals surface area contributed by atoms with Crippen molar-refractivity contribution >= 4 is 11.8 Å². The average molecular weight is 587 g/mol. The molecule has 0 saturated carbocycles. The first-order valence-corrected chi connectivity index (χ1v) is 12.6. The Morgan fingerprint density at radius 1 is 0.600 bits per heavy atom. The van der Waals surface area contributed by atoms with Gasteiger partial charge in [-0.1, -0.05) is 0 Å². The molecule has 3 saturated heterocycles. The Bertz CT molecular complexity index is 852. The Labute approximate surface area is 228 Å². The fraction of sp³-hybridized carbons (Fsp3) is 0.909. The number of amides is 2. The summed E-state index contributed by atoms with van der Waals surface area (Å²) in [6.45, 7) is -0.140. The van der Waals surface area contributed by atoms with Gasteiger partial charge in [-0.3, -0.25) is 9.59 Å². The van der Waals surface area contributed by atoms with Crippen LogP contribution in [0.4, 0.5) is 0 Å². The lowest BCUT2D eigenvalue weighted by Gasteiger charge is -2.49. The number of aliphatic hydroxyl groups excluding tert-OH is 9. The van der Waals surface area contributed by atoms with Crippen molar-refractivity contribution in [3.8, 4) is 0 Å². The van der Waals surface area contributed by atoms with Crippen molar-refractivity contribution < 1.29 is 79.2 Å². The lowest BCUT2D eigenvalue weighted by atomic mass is 9.94. The van der Waals surface area contributed by atoms with E-state index in [1.165, 1.54) is 0 Å². The Morgan fingerprint density at radius 2 is 1.02 bits per heavy atom. The van der Waals surface area contributed by atoms with Crippen LogP contribution in [0.25, 0.3) is 0 Å². The van der Waals surface area contributed by atoms with E-state index in [0.717, 1.165) is 13.8 Å². The first-order valence-electron chi connectivity index (χ1n) is 12.6. The standard InChI is InChI=1S/C22H38N2O16/c1-6(28)23-11-18(14(31)9(4-26)36-20(11)35)39-21-12(24-7(2)29)19(15(32)10(5-27)37-21)40-22-17(34)16(33)13(30)8(3-25)38-22/h8-22,25-27,30-35H,3-5H2,1-2H3,(H,23,28)(H,24,29)/t8-,9-,10-,11-,12-,13+,14+,15+,16+,17-,18-,19-,20-,21-,22+/m1/s1. The third-order valence-electron chi connectivity index (χ3n) is 6.90. The zero-order valence-corrected chi connectivity index (χ0v) is 21.7. The minimum Gasteiger partial charge on any atom is -0.394 e. The van der Waals surface area contributed by atoms with Gasteiger partial charge in [0.05, 0.1) is 19.8 Å². The van der Waals surface area contributed by atoms with Gasteiger partial charge in [0, 0.05) is 13.8 Å². The van der Waals surface area contributed by atoms with E-state index < -0.39 is 124 Å². The molecule has 3 aliphatic heterocycles. The van der Waals surface area contributed by atoms with Crippen LogP contribution in [0.2, 0.25) is 0 Å².